The lowest BCUT2D eigenvalue weighted by atomic mass is 9.83. The van der Waals surface area contributed by atoms with Crippen molar-refractivity contribution in [1.82, 2.24) is 0 Å². The van der Waals surface area contributed by atoms with Gasteiger partial charge in [0.2, 0.25) is 0 Å². The highest BCUT2D eigenvalue weighted by Crippen LogP contribution is 2.30. The van der Waals surface area contributed by atoms with Gasteiger partial charge in [0.1, 0.15) is 0 Å². The summed E-state index contributed by atoms with van der Waals surface area (Å²) in [6.07, 6.45) is -3.92. The molecule has 27 heavy (non-hydrogen) atoms. The van der Waals surface area contributed by atoms with Crippen molar-refractivity contribution < 1.29 is 73.7 Å². The van der Waals surface area contributed by atoms with Gasteiger partial charge in [-0.25, -0.2) is 9.59 Å². The number of aliphatic carboxylic acids is 6. The molecule has 0 aromatic carbocycles. The fourth-order valence-corrected chi connectivity index (χ4v) is 1.69. The zero-order valence-corrected chi connectivity index (χ0v) is 12.8. The van der Waals surface area contributed by atoms with Gasteiger partial charge in [-0.3, -0.25) is 28.8 Å². The normalized spacial score (nSPS) is 11.1. The van der Waals surface area contributed by atoms with Crippen molar-refractivity contribution in [3.63, 3.8) is 0 Å². The monoisotopic (exact) mass is 394 g/mol. The summed E-state index contributed by atoms with van der Waals surface area (Å²) in [5.74, 6) is -20.1. The summed E-state index contributed by atoms with van der Waals surface area (Å²) in [5, 5.41) is 52.8. The molecular formula is C12H10O15. The first kappa shape index (κ1) is 23.0. The molecule has 148 valence electrons. The lowest BCUT2D eigenvalue weighted by Gasteiger charge is -2.24. The highest BCUT2D eigenvalue weighted by Gasteiger charge is 2.62. The van der Waals surface area contributed by atoms with E-state index in [-0.39, 0.29) is 0 Å². The maximum atomic E-state index is 11.9. The molecule has 0 aromatic rings. The largest absolute Gasteiger partial charge is 0.481 e. The average Bonchev–Trinajstić information content (AvgIpc) is 2.47. The van der Waals surface area contributed by atoms with E-state index in [1.54, 1.807) is 0 Å². The topological polar surface area (TPSA) is 267 Å². The number of hydrogen-bond acceptors (Lipinski definition) is 9. The van der Waals surface area contributed by atoms with Crippen molar-refractivity contribution in [2.45, 2.75) is 12.8 Å². The van der Waals surface area contributed by atoms with Gasteiger partial charge in [-0.1, -0.05) is 0 Å². The Morgan fingerprint density at radius 3 is 0.889 bits per heavy atom. The van der Waals surface area contributed by atoms with Crippen LogP contribution in [0.3, 0.4) is 0 Å². The minimum absolute atomic E-state index is 1.96. The number of carboxylic acid groups (broad SMARTS) is 6. The molecule has 6 N–H and O–H groups in total. The third-order valence-electron chi connectivity index (χ3n) is 3.18. The number of esters is 2. The molecule has 0 radical (unpaired) electrons. The van der Waals surface area contributed by atoms with E-state index >= 15 is 0 Å². The van der Waals surface area contributed by atoms with Gasteiger partial charge in [0.15, 0.2) is 0 Å². The Hall–Kier alpha value is -4.04. The van der Waals surface area contributed by atoms with Crippen LogP contribution in [0.25, 0.3) is 0 Å². The van der Waals surface area contributed by atoms with Crippen LogP contribution in [-0.2, 0) is 43.1 Å². The molecule has 0 amide bonds. The highest BCUT2D eigenvalue weighted by atomic mass is 16.6. The van der Waals surface area contributed by atoms with Crippen molar-refractivity contribution in [2.24, 2.45) is 10.8 Å². The molecule has 0 saturated heterocycles. The molecule has 0 aromatic heterocycles. The van der Waals surface area contributed by atoms with E-state index in [9.17, 15) is 38.4 Å². The van der Waals surface area contributed by atoms with Crippen molar-refractivity contribution in [1.29, 1.82) is 0 Å². The van der Waals surface area contributed by atoms with Crippen molar-refractivity contribution >= 4 is 47.8 Å². The molecule has 0 bridgehead atoms. The standard InChI is InChI=1S/C12H10O15/c13-3(14)1-11(5(17)18,6(19)20)9(25)27-10(26)12(7(21)22,8(23)24)2-4(15)16/h1-2H2,(H,13,14)(H,15,16)(H,17,18)(H,19,20)(H,21,22)(H,23,24). The van der Waals surface area contributed by atoms with E-state index in [0.29, 0.717) is 0 Å². The Morgan fingerprint density at radius 2 is 0.741 bits per heavy atom. The number of rotatable bonds is 10. The van der Waals surface area contributed by atoms with Crippen LogP contribution in [0, 0.1) is 10.8 Å². The fraction of sp³-hybridized carbons (Fsp3) is 0.333. The summed E-state index contributed by atoms with van der Waals surface area (Å²) >= 11 is 0. The van der Waals surface area contributed by atoms with Crippen LogP contribution in [0.1, 0.15) is 12.8 Å². The van der Waals surface area contributed by atoms with Crippen LogP contribution in [0.4, 0.5) is 0 Å². The Kier molecular flexibility index (Phi) is 6.71. The van der Waals surface area contributed by atoms with Gasteiger partial charge in [0.05, 0.1) is 12.8 Å². The molecule has 0 aliphatic heterocycles. The van der Waals surface area contributed by atoms with Gasteiger partial charge in [-0.2, -0.15) is 0 Å². The van der Waals surface area contributed by atoms with Crippen LogP contribution >= 0.6 is 0 Å². The van der Waals surface area contributed by atoms with Crippen molar-refractivity contribution in [3.05, 3.63) is 0 Å². The molecule has 0 rings (SSSR count). The molecule has 0 saturated carbocycles. The molecule has 0 heterocycles. The highest BCUT2D eigenvalue weighted by molar-refractivity contribution is 6.24. The van der Waals surface area contributed by atoms with Gasteiger partial charge in [-0.15, -0.1) is 0 Å². The molecule has 0 atom stereocenters. The predicted molar refractivity (Wildman–Crippen MR) is 71.0 cm³/mol. The molecule has 15 heteroatoms. The summed E-state index contributed by atoms with van der Waals surface area (Å²) in [6, 6.07) is 0. The lowest BCUT2D eigenvalue weighted by molar-refractivity contribution is -0.191. The van der Waals surface area contributed by atoms with E-state index < -0.39 is 71.4 Å². The molecular weight excluding hydrogens is 384 g/mol. The number of carbonyl (C=O) groups excluding carboxylic acids is 2. The molecule has 0 unspecified atom stereocenters. The summed E-state index contributed by atoms with van der Waals surface area (Å²) < 4.78 is 3.70. The maximum absolute atomic E-state index is 11.9. The number of ether oxygens (including phenoxy) is 1. The second kappa shape index (κ2) is 7.89. The first-order chi connectivity index (χ1) is 12.2. The smallest absolute Gasteiger partial charge is 0.343 e. The van der Waals surface area contributed by atoms with Crippen LogP contribution in [-0.4, -0.2) is 78.4 Å². The third-order valence-corrected chi connectivity index (χ3v) is 3.18. The molecule has 0 spiro atoms. The SMILES string of the molecule is O=C(O)CC(C(=O)O)(C(=O)O)C(=O)OC(=O)C(CC(=O)O)(C(=O)O)C(=O)O. The van der Waals surface area contributed by atoms with Crippen LogP contribution in [0.15, 0.2) is 0 Å². The minimum Gasteiger partial charge on any atom is -0.481 e. The Balaban J connectivity index is 6.27. The quantitative estimate of drug-likeness (QED) is 0.163. The predicted octanol–water partition coefficient (Wildman–Crippen LogP) is -2.68. The van der Waals surface area contributed by atoms with E-state index in [4.69, 9.17) is 30.6 Å². The number of carbonyl (C=O) groups is 8. The fourth-order valence-electron chi connectivity index (χ4n) is 1.69. The molecule has 0 aliphatic rings. The Bertz CT molecular complexity index is 654. The van der Waals surface area contributed by atoms with E-state index in [1.807, 2.05) is 0 Å². The first-order valence-corrected chi connectivity index (χ1v) is 6.30. The number of hydrogen-bond donors (Lipinski definition) is 6. The summed E-state index contributed by atoms with van der Waals surface area (Å²) in [4.78, 5) is 89.6. The zero-order chi connectivity index (χ0) is 21.7. The second-order valence-electron chi connectivity index (χ2n) is 4.85. The summed E-state index contributed by atoms with van der Waals surface area (Å²) in [6.45, 7) is 0. The van der Waals surface area contributed by atoms with Gasteiger partial charge in [0.25, 0.3) is 10.8 Å². The Labute approximate surface area is 146 Å². The van der Waals surface area contributed by atoms with Crippen molar-refractivity contribution in [3.8, 4) is 0 Å². The van der Waals surface area contributed by atoms with Gasteiger partial charge in [-0.05, 0) is 0 Å². The summed E-state index contributed by atoms with van der Waals surface area (Å²) in [7, 11) is 0. The lowest BCUT2D eigenvalue weighted by Crippen LogP contribution is -2.54. The number of carboxylic acids is 6. The average molecular weight is 394 g/mol. The molecule has 0 aliphatic carbocycles. The van der Waals surface area contributed by atoms with Gasteiger partial charge >= 0.3 is 47.8 Å². The van der Waals surface area contributed by atoms with E-state index in [1.165, 1.54) is 0 Å². The third kappa shape index (κ3) is 4.14. The Morgan fingerprint density at radius 1 is 0.519 bits per heavy atom. The van der Waals surface area contributed by atoms with Crippen molar-refractivity contribution in [2.75, 3.05) is 0 Å². The second-order valence-corrected chi connectivity index (χ2v) is 4.85. The maximum Gasteiger partial charge on any atom is 0.343 e. The van der Waals surface area contributed by atoms with Gasteiger partial charge in [0, 0.05) is 0 Å². The summed E-state index contributed by atoms with van der Waals surface area (Å²) in [5.41, 5.74) is -7.87. The van der Waals surface area contributed by atoms with Gasteiger partial charge < -0.3 is 35.4 Å². The molecule has 0 fully saturated rings. The van der Waals surface area contributed by atoms with E-state index in [0.717, 1.165) is 0 Å². The van der Waals surface area contributed by atoms with Crippen LogP contribution < -0.4 is 0 Å². The zero-order valence-electron chi connectivity index (χ0n) is 12.8. The minimum atomic E-state index is -3.94. The van der Waals surface area contributed by atoms with E-state index in [2.05, 4.69) is 4.74 Å². The first-order valence-electron chi connectivity index (χ1n) is 6.30. The molecule has 15 nitrogen and oxygen atoms in total. The van der Waals surface area contributed by atoms with Crippen LogP contribution in [0.2, 0.25) is 0 Å². The van der Waals surface area contributed by atoms with Crippen LogP contribution in [0.5, 0.6) is 0 Å².